The summed E-state index contributed by atoms with van der Waals surface area (Å²) >= 11 is 6.45. The average Bonchev–Trinajstić information content (AvgIpc) is 2.83. The Morgan fingerprint density at radius 1 is 1.44 bits per heavy atom. The fourth-order valence-corrected chi connectivity index (χ4v) is 2.98. The monoisotopic (exact) mass is 344 g/mol. The lowest BCUT2D eigenvalue weighted by Gasteiger charge is -2.03. The van der Waals surface area contributed by atoms with Crippen molar-refractivity contribution in [3.05, 3.63) is 28.5 Å². The summed E-state index contributed by atoms with van der Waals surface area (Å²) in [6.45, 7) is 3.10. The SMILES string of the molecule is CCCNc1snnc1CSc1ccc(Br)cn1. The highest BCUT2D eigenvalue weighted by atomic mass is 79.9. The first-order chi connectivity index (χ1) is 8.79. The summed E-state index contributed by atoms with van der Waals surface area (Å²) in [6.07, 6.45) is 2.90. The van der Waals surface area contributed by atoms with Crippen molar-refractivity contribution in [3.8, 4) is 0 Å². The van der Waals surface area contributed by atoms with E-state index in [-0.39, 0.29) is 0 Å². The highest BCUT2D eigenvalue weighted by Gasteiger charge is 2.08. The van der Waals surface area contributed by atoms with E-state index in [1.807, 2.05) is 12.1 Å². The Hall–Kier alpha value is -0.660. The van der Waals surface area contributed by atoms with E-state index < -0.39 is 0 Å². The van der Waals surface area contributed by atoms with Crippen molar-refractivity contribution in [1.29, 1.82) is 0 Å². The summed E-state index contributed by atoms with van der Waals surface area (Å²) in [5.74, 6) is 0.789. The lowest BCUT2D eigenvalue weighted by molar-refractivity contribution is 0.976. The van der Waals surface area contributed by atoms with Crippen molar-refractivity contribution in [2.45, 2.75) is 24.1 Å². The van der Waals surface area contributed by atoms with Gasteiger partial charge in [0.1, 0.15) is 10.7 Å². The fourth-order valence-electron chi connectivity index (χ4n) is 1.27. The molecule has 0 fully saturated rings. The molecule has 0 saturated heterocycles. The second-order valence-electron chi connectivity index (χ2n) is 3.58. The second-order valence-corrected chi connectivity index (χ2v) is 6.24. The maximum Gasteiger partial charge on any atom is 0.134 e. The van der Waals surface area contributed by atoms with Gasteiger partial charge in [-0.05, 0) is 34.5 Å². The number of pyridine rings is 1. The minimum atomic E-state index is 0.789. The topological polar surface area (TPSA) is 50.7 Å². The third kappa shape index (κ3) is 3.93. The number of rotatable bonds is 6. The minimum absolute atomic E-state index is 0.789. The summed E-state index contributed by atoms with van der Waals surface area (Å²) in [5.41, 5.74) is 1.00. The van der Waals surface area contributed by atoms with Gasteiger partial charge in [0.25, 0.3) is 0 Å². The van der Waals surface area contributed by atoms with Crippen LogP contribution < -0.4 is 5.32 Å². The summed E-state index contributed by atoms with van der Waals surface area (Å²) in [4.78, 5) is 4.32. The normalized spacial score (nSPS) is 10.6. The lowest BCUT2D eigenvalue weighted by Crippen LogP contribution is -2.00. The first-order valence-corrected chi connectivity index (χ1v) is 8.14. The van der Waals surface area contributed by atoms with Gasteiger partial charge in [-0.15, -0.1) is 5.10 Å². The number of thioether (sulfide) groups is 1. The molecule has 4 nitrogen and oxygen atoms in total. The van der Waals surface area contributed by atoms with E-state index in [1.54, 1.807) is 18.0 Å². The molecule has 0 spiro atoms. The van der Waals surface area contributed by atoms with Crippen LogP contribution in [0, 0.1) is 0 Å². The predicted molar refractivity (Wildman–Crippen MR) is 80.2 cm³/mol. The summed E-state index contributed by atoms with van der Waals surface area (Å²) in [5, 5.41) is 9.55. The Morgan fingerprint density at radius 2 is 2.33 bits per heavy atom. The van der Waals surface area contributed by atoms with Crippen molar-refractivity contribution >= 4 is 44.2 Å². The molecule has 0 radical (unpaired) electrons. The number of anilines is 1. The van der Waals surface area contributed by atoms with Crippen LogP contribution >= 0.6 is 39.2 Å². The molecule has 2 heterocycles. The van der Waals surface area contributed by atoms with Crippen molar-refractivity contribution in [2.24, 2.45) is 0 Å². The van der Waals surface area contributed by atoms with Crippen LogP contribution in [-0.4, -0.2) is 21.1 Å². The van der Waals surface area contributed by atoms with Crippen molar-refractivity contribution in [1.82, 2.24) is 14.6 Å². The molecule has 0 saturated carbocycles. The van der Waals surface area contributed by atoms with E-state index in [0.29, 0.717) is 0 Å². The van der Waals surface area contributed by atoms with Crippen LogP contribution in [0.3, 0.4) is 0 Å². The molecule has 2 aromatic heterocycles. The van der Waals surface area contributed by atoms with Crippen molar-refractivity contribution < 1.29 is 0 Å². The standard InChI is InChI=1S/C11H13BrN4S2/c1-2-5-13-11-9(15-16-18-11)7-17-10-4-3-8(12)6-14-10/h3-4,6,13H,2,5,7H2,1H3. The zero-order valence-electron chi connectivity index (χ0n) is 9.89. The van der Waals surface area contributed by atoms with Gasteiger partial charge >= 0.3 is 0 Å². The van der Waals surface area contributed by atoms with E-state index in [1.165, 1.54) is 11.5 Å². The smallest absolute Gasteiger partial charge is 0.134 e. The zero-order valence-corrected chi connectivity index (χ0v) is 13.1. The van der Waals surface area contributed by atoms with Crippen LogP contribution in [0.5, 0.6) is 0 Å². The van der Waals surface area contributed by atoms with Crippen LogP contribution in [-0.2, 0) is 5.75 Å². The van der Waals surface area contributed by atoms with E-state index in [0.717, 1.165) is 38.9 Å². The van der Waals surface area contributed by atoms with Gasteiger partial charge in [0.15, 0.2) is 0 Å². The molecule has 7 heteroatoms. The van der Waals surface area contributed by atoms with Gasteiger partial charge in [-0.3, -0.25) is 0 Å². The van der Waals surface area contributed by atoms with Gasteiger partial charge < -0.3 is 5.32 Å². The molecule has 2 aromatic rings. The van der Waals surface area contributed by atoms with Gasteiger partial charge in [-0.2, -0.15) is 0 Å². The van der Waals surface area contributed by atoms with Crippen LogP contribution in [0.2, 0.25) is 0 Å². The number of hydrogen-bond acceptors (Lipinski definition) is 6. The zero-order chi connectivity index (χ0) is 12.8. The Labute approximate surface area is 123 Å². The Morgan fingerprint density at radius 3 is 3.06 bits per heavy atom. The summed E-state index contributed by atoms with van der Waals surface area (Å²) < 4.78 is 4.98. The van der Waals surface area contributed by atoms with Gasteiger partial charge in [0, 0.05) is 34.5 Å². The predicted octanol–water partition coefficient (Wildman–Crippen LogP) is 3.81. The Kier molecular flexibility index (Phi) is 5.40. The number of halogens is 1. The summed E-state index contributed by atoms with van der Waals surface area (Å²) in [7, 11) is 0. The fraction of sp³-hybridized carbons (Fsp3) is 0.364. The molecule has 0 bridgehead atoms. The van der Waals surface area contributed by atoms with Crippen LogP contribution in [0.1, 0.15) is 19.0 Å². The molecule has 0 aliphatic heterocycles. The molecule has 0 amide bonds. The number of nitrogens with one attached hydrogen (secondary N) is 1. The molecule has 0 unspecified atom stereocenters. The van der Waals surface area contributed by atoms with Crippen LogP contribution in [0.15, 0.2) is 27.8 Å². The number of aromatic nitrogens is 3. The second kappa shape index (κ2) is 7.06. The van der Waals surface area contributed by atoms with E-state index in [4.69, 9.17) is 0 Å². The van der Waals surface area contributed by atoms with E-state index >= 15 is 0 Å². The average molecular weight is 345 g/mol. The van der Waals surface area contributed by atoms with E-state index in [9.17, 15) is 0 Å². The molecular formula is C11H13BrN4S2. The van der Waals surface area contributed by atoms with Gasteiger partial charge in [-0.1, -0.05) is 23.2 Å². The molecule has 1 N–H and O–H groups in total. The first kappa shape index (κ1) is 13.8. The number of nitrogens with zero attached hydrogens (tertiary/aromatic N) is 3. The molecule has 0 aliphatic rings. The molecule has 0 atom stereocenters. The van der Waals surface area contributed by atoms with Gasteiger partial charge in [0.05, 0.1) is 5.03 Å². The highest BCUT2D eigenvalue weighted by Crippen LogP contribution is 2.26. The lowest BCUT2D eigenvalue weighted by atomic mass is 10.4. The maximum absolute atomic E-state index is 4.32. The molecule has 0 aromatic carbocycles. The molecule has 2 rings (SSSR count). The van der Waals surface area contributed by atoms with Gasteiger partial charge in [0.2, 0.25) is 0 Å². The summed E-state index contributed by atoms with van der Waals surface area (Å²) in [6, 6.07) is 3.98. The largest absolute Gasteiger partial charge is 0.374 e. The van der Waals surface area contributed by atoms with Crippen LogP contribution in [0.4, 0.5) is 5.00 Å². The minimum Gasteiger partial charge on any atom is -0.374 e. The molecular weight excluding hydrogens is 332 g/mol. The van der Waals surface area contributed by atoms with Crippen LogP contribution in [0.25, 0.3) is 0 Å². The Balaban J connectivity index is 1.93. The van der Waals surface area contributed by atoms with Crippen molar-refractivity contribution in [3.63, 3.8) is 0 Å². The van der Waals surface area contributed by atoms with E-state index in [2.05, 4.69) is 42.7 Å². The third-order valence-corrected chi connectivity index (χ3v) is 4.30. The molecule has 0 aliphatic carbocycles. The van der Waals surface area contributed by atoms with Gasteiger partial charge in [-0.25, -0.2) is 4.98 Å². The third-order valence-electron chi connectivity index (χ3n) is 2.15. The quantitative estimate of drug-likeness (QED) is 0.807. The maximum atomic E-state index is 4.32. The van der Waals surface area contributed by atoms with Crippen molar-refractivity contribution in [2.75, 3.05) is 11.9 Å². The number of hydrogen-bond donors (Lipinski definition) is 1. The molecule has 18 heavy (non-hydrogen) atoms. The highest BCUT2D eigenvalue weighted by molar-refractivity contribution is 9.10. The first-order valence-electron chi connectivity index (χ1n) is 5.59. The Bertz CT molecular complexity index is 486. The molecule has 96 valence electrons.